The molecule has 2 aromatic rings. The number of nitrogens with one attached hydrogen (secondary N) is 1. The molecule has 0 aliphatic carbocycles. The molecule has 158 valence electrons. The van der Waals surface area contributed by atoms with Crippen LogP contribution in [0, 0.1) is 0 Å². The number of morpholine rings is 1. The van der Waals surface area contributed by atoms with E-state index < -0.39 is 19.9 Å². The fourth-order valence-corrected chi connectivity index (χ4v) is 4.68. The molecule has 0 aromatic heterocycles. The molecule has 0 unspecified atom stereocenters. The normalized spacial score (nSPS) is 15.9. The van der Waals surface area contributed by atoms with Crippen LogP contribution >= 0.6 is 0 Å². The highest BCUT2D eigenvalue weighted by atomic mass is 32.2. The van der Waals surface area contributed by atoms with Gasteiger partial charge in [0.05, 0.1) is 28.7 Å². The van der Waals surface area contributed by atoms with Crippen LogP contribution in [-0.4, -0.2) is 54.3 Å². The first kappa shape index (κ1) is 21.7. The van der Waals surface area contributed by atoms with Crippen LogP contribution in [0.3, 0.4) is 0 Å². The van der Waals surface area contributed by atoms with Crippen molar-refractivity contribution >= 4 is 25.5 Å². The van der Waals surface area contributed by atoms with Gasteiger partial charge in [-0.2, -0.15) is 0 Å². The second kappa shape index (κ2) is 8.80. The number of ether oxygens (including phenoxy) is 1. The average Bonchev–Trinajstić information content (AvgIpc) is 2.66. The zero-order valence-electron chi connectivity index (χ0n) is 16.2. The van der Waals surface area contributed by atoms with E-state index in [1.807, 2.05) is 12.1 Å². The Kier molecular flexibility index (Phi) is 6.59. The molecule has 3 N–H and O–H groups in total. The van der Waals surface area contributed by atoms with Crippen molar-refractivity contribution in [1.82, 2.24) is 4.90 Å². The third-order valence-electron chi connectivity index (χ3n) is 4.67. The SMILES string of the molecule is CS(=O)(=O)c1cc(S(N)(=O)=O)ccc1NCc1cccc(CN2CCOCC2)c1. The Balaban J connectivity index is 1.76. The Morgan fingerprint density at radius 2 is 1.72 bits per heavy atom. The van der Waals surface area contributed by atoms with E-state index in [4.69, 9.17) is 9.88 Å². The van der Waals surface area contributed by atoms with Gasteiger partial charge in [-0.25, -0.2) is 22.0 Å². The van der Waals surface area contributed by atoms with E-state index in [2.05, 4.69) is 22.3 Å². The summed E-state index contributed by atoms with van der Waals surface area (Å²) in [6.07, 6.45) is 1.03. The van der Waals surface area contributed by atoms with E-state index in [0.717, 1.165) is 50.7 Å². The molecule has 2 aromatic carbocycles. The summed E-state index contributed by atoms with van der Waals surface area (Å²) in [5.74, 6) is 0. The third-order valence-corrected chi connectivity index (χ3v) is 6.71. The van der Waals surface area contributed by atoms with Gasteiger partial charge in [0.1, 0.15) is 0 Å². The van der Waals surface area contributed by atoms with Crippen molar-refractivity contribution in [3.8, 4) is 0 Å². The van der Waals surface area contributed by atoms with Gasteiger partial charge in [-0.05, 0) is 29.3 Å². The van der Waals surface area contributed by atoms with Gasteiger partial charge < -0.3 is 10.1 Å². The van der Waals surface area contributed by atoms with Crippen LogP contribution in [0.1, 0.15) is 11.1 Å². The van der Waals surface area contributed by atoms with Gasteiger partial charge in [-0.3, -0.25) is 4.90 Å². The third kappa shape index (κ3) is 6.00. The highest BCUT2D eigenvalue weighted by molar-refractivity contribution is 7.91. The van der Waals surface area contributed by atoms with Gasteiger partial charge in [0.25, 0.3) is 0 Å². The summed E-state index contributed by atoms with van der Waals surface area (Å²) in [4.78, 5) is 1.98. The van der Waals surface area contributed by atoms with Crippen LogP contribution in [0.25, 0.3) is 0 Å². The molecule has 29 heavy (non-hydrogen) atoms. The Bertz CT molecular complexity index is 1080. The monoisotopic (exact) mass is 439 g/mol. The molecular weight excluding hydrogens is 414 g/mol. The summed E-state index contributed by atoms with van der Waals surface area (Å²) < 4.78 is 52.7. The number of nitrogens with zero attached hydrogens (tertiary/aromatic N) is 1. The fourth-order valence-electron chi connectivity index (χ4n) is 3.19. The number of benzene rings is 2. The summed E-state index contributed by atoms with van der Waals surface area (Å²) in [7, 11) is -7.64. The molecule has 1 fully saturated rings. The van der Waals surface area contributed by atoms with Crippen molar-refractivity contribution in [1.29, 1.82) is 0 Å². The fraction of sp³-hybridized carbons (Fsp3) is 0.368. The molecule has 1 heterocycles. The minimum Gasteiger partial charge on any atom is -0.380 e. The molecule has 0 spiro atoms. The van der Waals surface area contributed by atoms with Crippen molar-refractivity contribution < 1.29 is 21.6 Å². The van der Waals surface area contributed by atoms with Crippen LogP contribution in [-0.2, 0) is 37.7 Å². The summed E-state index contributed by atoms with van der Waals surface area (Å²) in [5.41, 5.74) is 2.49. The minimum absolute atomic E-state index is 0.103. The van der Waals surface area contributed by atoms with Crippen LogP contribution in [0.4, 0.5) is 5.69 Å². The smallest absolute Gasteiger partial charge is 0.238 e. The first-order chi connectivity index (χ1) is 13.6. The first-order valence-electron chi connectivity index (χ1n) is 9.11. The van der Waals surface area contributed by atoms with Gasteiger partial charge in [0.15, 0.2) is 9.84 Å². The lowest BCUT2D eigenvalue weighted by molar-refractivity contribution is 0.0342. The molecule has 3 rings (SSSR count). The van der Waals surface area contributed by atoms with E-state index in [0.29, 0.717) is 12.2 Å². The van der Waals surface area contributed by atoms with Gasteiger partial charge in [-0.15, -0.1) is 0 Å². The second-order valence-electron chi connectivity index (χ2n) is 7.04. The summed E-state index contributed by atoms with van der Waals surface area (Å²) in [6, 6.07) is 11.9. The maximum Gasteiger partial charge on any atom is 0.238 e. The lowest BCUT2D eigenvalue weighted by Crippen LogP contribution is -2.35. The van der Waals surface area contributed by atoms with Gasteiger partial charge in [0, 0.05) is 32.4 Å². The van der Waals surface area contributed by atoms with E-state index in [9.17, 15) is 16.8 Å². The standard InChI is InChI=1S/C19H25N3O5S2/c1-28(23,24)19-12-17(29(20,25)26)5-6-18(19)21-13-15-3-2-4-16(11-15)14-22-7-9-27-10-8-22/h2-6,11-12,21H,7-10,13-14H2,1H3,(H2,20,25,26). The first-order valence-corrected chi connectivity index (χ1v) is 12.6. The van der Waals surface area contributed by atoms with Gasteiger partial charge >= 0.3 is 0 Å². The van der Waals surface area contributed by atoms with Crippen molar-refractivity contribution in [2.45, 2.75) is 22.9 Å². The molecule has 1 aliphatic rings. The quantitative estimate of drug-likeness (QED) is 0.665. The lowest BCUT2D eigenvalue weighted by Gasteiger charge is -2.26. The molecular formula is C19H25N3O5S2. The van der Waals surface area contributed by atoms with Crippen molar-refractivity contribution in [2.24, 2.45) is 5.14 Å². The number of hydrogen-bond acceptors (Lipinski definition) is 7. The topological polar surface area (TPSA) is 119 Å². The average molecular weight is 440 g/mol. The maximum absolute atomic E-state index is 12.1. The number of rotatable bonds is 7. The molecule has 0 amide bonds. The summed E-state index contributed by atoms with van der Waals surface area (Å²) >= 11 is 0. The minimum atomic E-state index is -4.00. The van der Waals surface area contributed by atoms with Crippen molar-refractivity contribution in [3.05, 3.63) is 53.6 Å². The predicted octanol–water partition coefficient (Wildman–Crippen LogP) is 1.18. The van der Waals surface area contributed by atoms with Crippen LogP contribution in [0.5, 0.6) is 0 Å². The number of hydrogen-bond donors (Lipinski definition) is 2. The Labute approximate surface area is 171 Å². The summed E-state index contributed by atoms with van der Waals surface area (Å²) in [6.45, 7) is 4.50. The number of anilines is 1. The van der Waals surface area contributed by atoms with E-state index in [1.54, 1.807) is 0 Å². The number of sulfone groups is 1. The number of sulfonamides is 1. The molecule has 10 heteroatoms. The molecule has 0 radical (unpaired) electrons. The molecule has 1 aliphatic heterocycles. The number of primary sulfonamides is 1. The highest BCUT2D eigenvalue weighted by Crippen LogP contribution is 2.25. The van der Waals surface area contributed by atoms with Crippen LogP contribution < -0.4 is 10.5 Å². The Morgan fingerprint density at radius 3 is 2.38 bits per heavy atom. The molecule has 8 nitrogen and oxygen atoms in total. The van der Waals surface area contributed by atoms with Gasteiger partial charge in [-0.1, -0.05) is 24.3 Å². The largest absolute Gasteiger partial charge is 0.380 e. The van der Waals surface area contributed by atoms with Crippen LogP contribution in [0.2, 0.25) is 0 Å². The molecule has 1 saturated heterocycles. The van der Waals surface area contributed by atoms with Gasteiger partial charge in [0.2, 0.25) is 10.0 Å². The highest BCUT2D eigenvalue weighted by Gasteiger charge is 2.18. The lowest BCUT2D eigenvalue weighted by atomic mass is 10.1. The zero-order chi connectivity index (χ0) is 21.1. The van der Waals surface area contributed by atoms with Crippen molar-refractivity contribution in [2.75, 3.05) is 37.9 Å². The van der Waals surface area contributed by atoms with E-state index in [1.165, 1.54) is 17.7 Å². The zero-order valence-corrected chi connectivity index (χ0v) is 17.8. The van der Waals surface area contributed by atoms with E-state index in [-0.39, 0.29) is 9.79 Å². The molecule has 0 atom stereocenters. The van der Waals surface area contributed by atoms with Crippen LogP contribution in [0.15, 0.2) is 52.3 Å². The van der Waals surface area contributed by atoms with E-state index >= 15 is 0 Å². The maximum atomic E-state index is 12.1. The Hall–Kier alpha value is -1.98. The summed E-state index contributed by atoms with van der Waals surface area (Å²) in [5, 5.41) is 8.22. The molecule has 0 saturated carbocycles. The number of nitrogens with two attached hydrogens (primary N) is 1. The van der Waals surface area contributed by atoms with Crippen molar-refractivity contribution in [3.63, 3.8) is 0 Å². The second-order valence-corrected chi connectivity index (χ2v) is 10.6. The predicted molar refractivity (Wildman–Crippen MR) is 111 cm³/mol. The Morgan fingerprint density at radius 1 is 1.03 bits per heavy atom. The molecule has 0 bridgehead atoms.